The quantitative estimate of drug-likeness (QED) is 0.848. The Morgan fingerprint density at radius 2 is 2.10 bits per heavy atom. The van der Waals surface area contributed by atoms with E-state index in [0.717, 1.165) is 17.7 Å². The van der Waals surface area contributed by atoms with Gasteiger partial charge in [-0.1, -0.05) is 26.0 Å². The first-order chi connectivity index (χ1) is 9.99. The average molecular weight is 307 g/mol. The normalized spacial score (nSPS) is 18.2. The van der Waals surface area contributed by atoms with Gasteiger partial charge in [0.2, 0.25) is 0 Å². The zero-order chi connectivity index (χ0) is 15.4. The summed E-state index contributed by atoms with van der Waals surface area (Å²) in [6.07, 6.45) is 1.69. The van der Waals surface area contributed by atoms with Crippen LogP contribution in [0.25, 0.3) is 0 Å². The smallest absolute Gasteiger partial charge is 0.305 e. The van der Waals surface area contributed by atoms with Crippen LogP contribution in [0.3, 0.4) is 0 Å². The van der Waals surface area contributed by atoms with Crippen LogP contribution >= 0.6 is 11.8 Å². The van der Waals surface area contributed by atoms with Crippen molar-refractivity contribution in [1.29, 1.82) is 0 Å². The zero-order valence-electron chi connectivity index (χ0n) is 12.4. The van der Waals surface area contributed by atoms with Gasteiger partial charge in [0.05, 0.1) is 12.0 Å². The van der Waals surface area contributed by atoms with Crippen molar-refractivity contribution in [3.8, 4) is 0 Å². The van der Waals surface area contributed by atoms with Gasteiger partial charge in [-0.2, -0.15) is 0 Å². The number of hydrogen-bond acceptors (Lipinski definition) is 3. The van der Waals surface area contributed by atoms with E-state index in [1.165, 1.54) is 0 Å². The molecule has 0 aliphatic carbocycles. The van der Waals surface area contributed by atoms with E-state index in [1.54, 1.807) is 16.7 Å². The minimum absolute atomic E-state index is 0.0330. The van der Waals surface area contributed by atoms with E-state index in [0.29, 0.717) is 17.4 Å². The molecule has 1 N–H and O–H groups in total. The van der Waals surface area contributed by atoms with Crippen molar-refractivity contribution in [3.05, 3.63) is 29.8 Å². The predicted molar refractivity (Wildman–Crippen MR) is 83.7 cm³/mol. The van der Waals surface area contributed by atoms with Gasteiger partial charge in [-0.3, -0.25) is 9.59 Å². The van der Waals surface area contributed by atoms with Gasteiger partial charge < -0.3 is 10.0 Å². The van der Waals surface area contributed by atoms with E-state index < -0.39 is 5.97 Å². The number of likely N-dealkylation sites (tertiary alicyclic amines) is 1. The molecule has 4 nitrogen and oxygen atoms in total. The fraction of sp³-hybridized carbons (Fsp3) is 0.500. The largest absolute Gasteiger partial charge is 0.481 e. The lowest BCUT2D eigenvalue weighted by Crippen LogP contribution is -2.37. The van der Waals surface area contributed by atoms with E-state index in [-0.39, 0.29) is 18.4 Å². The van der Waals surface area contributed by atoms with Crippen molar-refractivity contribution in [2.45, 2.75) is 49.3 Å². The number of rotatable bonds is 5. The van der Waals surface area contributed by atoms with Crippen LogP contribution in [0.15, 0.2) is 29.2 Å². The van der Waals surface area contributed by atoms with Gasteiger partial charge in [-0.05, 0) is 25.0 Å². The number of aliphatic carboxylic acids is 1. The highest BCUT2D eigenvalue weighted by molar-refractivity contribution is 8.00. The van der Waals surface area contributed by atoms with Crippen LogP contribution in [0.1, 0.15) is 43.5 Å². The third-order valence-corrected chi connectivity index (χ3v) is 4.61. The van der Waals surface area contributed by atoms with Crippen LogP contribution in [0, 0.1) is 0 Å². The van der Waals surface area contributed by atoms with Crippen LogP contribution in [-0.4, -0.2) is 39.7 Å². The number of thioether (sulfide) groups is 1. The predicted octanol–water partition coefficient (Wildman–Crippen LogP) is 3.27. The Labute approximate surface area is 129 Å². The van der Waals surface area contributed by atoms with Crippen LogP contribution in [0.2, 0.25) is 0 Å². The first kappa shape index (κ1) is 15.9. The third-order valence-electron chi connectivity index (χ3n) is 3.53. The molecule has 1 aromatic rings. The summed E-state index contributed by atoms with van der Waals surface area (Å²) >= 11 is 1.66. The second-order valence-corrected chi connectivity index (χ2v) is 7.17. The summed E-state index contributed by atoms with van der Waals surface area (Å²) in [6, 6.07) is 7.41. The zero-order valence-corrected chi connectivity index (χ0v) is 13.2. The highest BCUT2D eigenvalue weighted by Crippen LogP contribution is 2.30. The van der Waals surface area contributed by atoms with Crippen molar-refractivity contribution in [1.82, 2.24) is 4.90 Å². The second kappa shape index (κ2) is 6.98. The molecular formula is C16H21NO3S. The molecule has 5 heteroatoms. The molecule has 114 valence electrons. The van der Waals surface area contributed by atoms with Crippen LogP contribution in [-0.2, 0) is 4.79 Å². The molecule has 2 rings (SSSR count). The average Bonchev–Trinajstić information content (AvgIpc) is 2.85. The number of hydrogen-bond donors (Lipinski definition) is 1. The molecule has 21 heavy (non-hydrogen) atoms. The standard InChI is InChI=1S/C16H21NO3S/c1-11(2)21-14-8-4-3-7-13(14)16(20)17-9-5-6-12(17)10-15(18)19/h3-4,7-8,11-12H,5-6,9-10H2,1-2H3,(H,18,19). The maximum Gasteiger partial charge on any atom is 0.305 e. The number of carbonyl (C=O) groups is 2. The molecule has 0 saturated carbocycles. The molecule has 1 atom stereocenters. The summed E-state index contributed by atoms with van der Waals surface area (Å²) in [6.45, 7) is 4.83. The topological polar surface area (TPSA) is 57.6 Å². The summed E-state index contributed by atoms with van der Waals surface area (Å²) in [5, 5.41) is 9.37. The summed E-state index contributed by atoms with van der Waals surface area (Å²) in [5.41, 5.74) is 0.688. The lowest BCUT2D eigenvalue weighted by atomic mass is 10.1. The molecule has 0 aromatic heterocycles. The monoisotopic (exact) mass is 307 g/mol. The SMILES string of the molecule is CC(C)Sc1ccccc1C(=O)N1CCCC1CC(=O)O. The Bertz CT molecular complexity index is 530. The van der Waals surface area contributed by atoms with Gasteiger partial charge in [-0.15, -0.1) is 11.8 Å². The molecule has 1 heterocycles. The van der Waals surface area contributed by atoms with Crippen molar-refractivity contribution < 1.29 is 14.7 Å². The number of benzene rings is 1. The third kappa shape index (κ3) is 4.00. The van der Waals surface area contributed by atoms with E-state index in [9.17, 15) is 9.59 Å². The van der Waals surface area contributed by atoms with E-state index in [4.69, 9.17) is 5.11 Å². The molecule has 1 fully saturated rings. The summed E-state index contributed by atoms with van der Waals surface area (Å²) in [7, 11) is 0. The van der Waals surface area contributed by atoms with Gasteiger partial charge in [-0.25, -0.2) is 0 Å². The maximum atomic E-state index is 12.8. The Hall–Kier alpha value is -1.49. The number of carboxylic acid groups (broad SMARTS) is 1. The summed E-state index contributed by atoms with van der Waals surface area (Å²) < 4.78 is 0. The number of carboxylic acids is 1. The molecule has 1 amide bonds. The van der Waals surface area contributed by atoms with Crippen LogP contribution < -0.4 is 0 Å². The molecule has 1 aliphatic rings. The van der Waals surface area contributed by atoms with Gasteiger partial charge in [0.25, 0.3) is 5.91 Å². The highest BCUT2D eigenvalue weighted by atomic mass is 32.2. The van der Waals surface area contributed by atoms with Gasteiger partial charge in [0, 0.05) is 22.7 Å². The Balaban J connectivity index is 2.21. The fourth-order valence-electron chi connectivity index (χ4n) is 2.67. The molecule has 1 aromatic carbocycles. The van der Waals surface area contributed by atoms with Crippen molar-refractivity contribution in [2.75, 3.05) is 6.54 Å². The number of nitrogens with zero attached hydrogens (tertiary/aromatic N) is 1. The molecule has 0 spiro atoms. The lowest BCUT2D eigenvalue weighted by Gasteiger charge is -2.24. The van der Waals surface area contributed by atoms with E-state index in [1.807, 2.05) is 24.3 Å². The van der Waals surface area contributed by atoms with Crippen LogP contribution in [0.5, 0.6) is 0 Å². The van der Waals surface area contributed by atoms with Crippen LogP contribution in [0.4, 0.5) is 0 Å². The fourth-order valence-corrected chi connectivity index (χ4v) is 3.62. The lowest BCUT2D eigenvalue weighted by molar-refractivity contribution is -0.137. The summed E-state index contributed by atoms with van der Waals surface area (Å²) in [5.74, 6) is -0.882. The minimum atomic E-state index is -0.843. The molecule has 1 unspecified atom stereocenters. The van der Waals surface area contributed by atoms with Crippen molar-refractivity contribution in [3.63, 3.8) is 0 Å². The van der Waals surface area contributed by atoms with Crippen molar-refractivity contribution >= 4 is 23.6 Å². The molecule has 0 radical (unpaired) electrons. The van der Waals surface area contributed by atoms with Crippen molar-refractivity contribution in [2.24, 2.45) is 0 Å². The number of carbonyl (C=O) groups excluding carboxylic acids is 1. The molecule has 1 saturated heterocycles. The first-order valence-corrected chi connectivity index (χ1v) is 8.15. The Kier molecular flexibility index (Phi) is 5.28. The van der Waals surface area contributed by atoms with Gasteiger partial charge in [0.15, 0.2) is 0 Å². The van der Waals surface area contributed by atoms with E-state index >= 15 is 0 Å². The van der Waals surface area contributed by atoms with Gasteiger partial charge in [0.1, 0.15) is 0 Å². The Morgan fingerprint density at radius 3 is 2.76 bits per heavy atom. The molecule has 0 bridgehead atoms. The number of amides is 1. The first-order valence-electron chi connectivity index (χ1n) is 7.27. The minimum Gasteiger partial charge on any atom is -0.481 e. The summed E-state index contributed by atoms with van der Waals surface area (Å²) in [4.78, 5) is 26.4. The van der Waals surface area contributed by atoms with E-state index in [2.05, 4.69) is 13.8 Å². The maximum absolute atomic E-state index is 12.8. The Morgan fingerprint density at radius 1 is 1.38 bits per heavy atom. The molecule has 1 aliphatic heterocycles. The second-order valence-electron chi connectivity index (χ2n) is 5.56. The van der Waals surface area contributed by atoms with Gasteiger partial charge >= 0.3 is 5.97 Å². The molecular weight excluding hydrogens is 286 g/mol. The highest BCUT2D eigenvalue weighted by Gasteiger charge is 2.31.